The molecule has 1 aliphatic rings. The lowest BCUT2D eigenvalue weighted by atomic mass is 9.95. The number of hydrogen-bond acceptors (Lipinski definition) is 6. The van der Waals surface area contributed by atoms with Crippen LogP contribution in [0.4, 0.5) is 0 Å². The van der Waals surface area contributed by atoms with Crippen molar-refractivity contribution in [3.8, 4) is 0 Å². The smallest absolute Gasteiger partial charge is 0.253 e. The molecule has 1 aliphatic heterocycles. The second kappa shape index (κ2) is 11.0. The zero-order valence-corrected chi connectivity index (χ0v) is 24.2. The molecule has 1 saturated heterocycles. The minimum Gasteiger partial charge on any atom is -0.321 e. The number of aromatic amines is 1. The molecule has 0 spiro atoms. The number of nitrogens with one attached hydrogen (secondary N) is 1. The van der Waals surface area contributed by atoms with Gasteiger partial charge in [-0.25, -0.2) is 4.68 Å². The minimum atomic E-state index is -0.382. The summed E-state index contributed by atoms with van der Waals surface area (Å²) in [4.78, 5) is 21.8. The molecule has 1 N–H and O–H groups in total. The van der Waals surface area contributed by atoms with E-state index in [1.54, 1.807) is 0 Å². The van der Waals surface area contributed by atoms with Gasteiger partial charge >= 0.3 is 0 Å². The molecule has 0 aliphatic carbocycles. The first-order valence-electron chi connectivity index (χ1n) is 14.3. The Morgan fingerprint density at radius 1 is 0.780 bits per heavy atom. The number of aromatic nitrogens is 5. The molecule has 1 unspecified atom stereocenters. The summed E-state index contributed by atoms with van der Waals surface area (Å²) in [6.07, 6.45) is 0. The Morgan fingerprint density at radius 2 is 1.37 bits per heavy atom. The lowest BCUT2D eigenvalue weighted by molar-refractivity contribution is 0.0839. The van der Waals surface area contributed by atoms with E-state index in [2.05, 4.69) is 112 Å². The van der Waals surface area contributed by atoms with E-state index in [0.717, 1.165) is 42.6 Å². The highest BCUT2D eigenvalue weighted by Crippen LogP contribution is 2.34. The third-order valence-electron chi connectivity index (χ3n) is 8.09. The number of tetrazole rings is 1. The van der Waals surface area contributed by atoms with Crippen LogP contribution in [0.5, 0.6) is 0 Å². The van der Waals surface area contributed by atoms with Crippen LogP contribution in [0.3, 0.4) is 0 Å². The van der Waals surface area contributed by atoms with E-state index in [0.29, 0.717) is 11.4 Å². The number of hydrogen-bond donors (Lipinski definition) is 1. The second-order valence-corrected chi connectivity index (χ2v) is 11.9. The van der Waals surface area contributed by atoms with Crippen LogP contribution < -0.4 is 5.56 Å². The first-order valence-corrected chi connectivity index (χ1v) is 14.3. The van der Waals surface area contributed by atoms with Gasteiger partial charge in [0.2, 0.25) is 0 Å². The zero-order chi connectivity index (χ0) is 28.6. The Hall–Kier alpha value is -4.14. The van der Waals surface area contributed by atoms with Crippen molar-refractivity contribution in [2.24, 2.45) is 0 Å². The monoisotopic (exact) mass is 547 g/mol. The van der Waals surface area contributed by atoms with Crippen LogP contribution >= 0.6 is 0 Å². The number of nitrogens with zero attached hydrogens (tertiary/aromatic N) is 6. The number of benzene rings is 3. The van der Waals surface area contributed by atoms with Crippen molar-refractivity contribution in [3.05, 3.63) is 123 Å². The Bertz CT molecular complexity index is 1640. The summed E-state index contributed by atoms with van der Waals surface area (Å²) in [5.74, 6) is 0.686. The van der Waals surface area contributed by atoms with E-state index in [9.17, 15) is 4.79 Å². The van der Waals surface area contributed by atoms with Gasteiger partial charge in [-0.2, -0.15) is 0 Å². The molecule has 8 heteroatoms. The third kappa shape index (κ3) is 5.33. The number of fused-ring (bicyclic) bond motifs is 1. The Labute approximate surface area is 240 Å². The highest BCUT2D eigenvalue weighted by atomic mass is 16.1. The summed E-state index contributed by atoms with van der Waals surface area (Å²) >= 11 is 0. The summed E-state index contributed by atoms with van der Waals surface area (Å²) in [5.41, 5.74) is 4.69. The average molecular weight is 548 g/mol. The van der Waals surface area contributed by atoms with E-state index >= 15 is 0 Å². The van der Waals surface area contributed by atoms with Gasteiger partial charge in [0, 0.05) is 31.7 Å². The van der Waals surface area contributed by atoms with Crippen molar-refractivity contribution in [2.45, 2.75) is 45.3 Å². The molecule has 5 aromatic rings. The lowest BCUT2D eigenvalue weighted by Crippen LogP contribution is -2.50. The normalized spacial score (nSPS) is 15.9. The van der Waals surface area contributed by atoms with Crippen molar-refractivity contribution in [1.82, 2.24) is 35.0 Å². The fourth-order valence-electron chi connectivity index (χ4n) is 6.08. The van der Waals surface area contributed by atoms with Gasteiger partial charge in [0.25, 0.3) is 5.56 Å². The second-order valence-electron chi connectivity index (χ2n) is 11.9. The van der Waals surface area contributed by atoms with Crippen LogP contribution in [0, 0.1) is 6.92 Å². The maximum absolute atomic E-state index is 13.7. The highest BCUT2D eigenvalue weighted by Gasteiger charge is 2.36. The average Bonchev–Trinajstić information content (AvgIpc) is 3.47. The summed E-state index contributed by atoms with van der Waals surface area (Å²) in [7, 11) is 0. The summed E-state index contributed by atoms with van der Waals surface area (Å²) < 4.78 is 1.86. The number of piperazine rings is 1. The Morgan fingerprint density at radius 3 is 1.95 bits per heavy atom. The van der Waals surface area contributed by atoms with Crippen molar-refractivity contribution in [3.63, 3.8) is 0 Å². The fraction of sp³-hybridized carbons (Fsp3) is 0.333. The predicted octanol–water partition coefficient (Wildman–Crippen LogP) is 5.07. The van der Waals surface area contributed by atoms with Crippen LogP contribution in [0.25, 0.3) is 10.9 Å². The Kier molecular flexibility index (Phi) is 7.28. The maximum Gasteiger partial charge on any atom is 0.253 e. The largest absolute Gasteiger partial charge is 0.321 e. The number of rotatable bonds is 6. The highest BCUT2D eigenvalue weighted by molar-refractivity contribution is 5.82. The van der Waals surface area contributed by atoms with E-state index < -0.39 is 0 Å². The molecule has 41 heavy (non-hydrogen) atoms. The number of aryl methyl sites for hydroxylation is 1. The summed E-state index contributed by atoms with van der Waals surface area (Å²) in [5, 5.41) is 14.0. The van der Waals surface area contributed by atoms with Gasteiger partial charge in [-0.1, -0.05) is 78.9 Å². The number of para-hydroxylation sites is 1. The first-order chi connectivity index (χ1) is 19.8. The van der Waals surface area contributed by atoms with Gasteiger partial charge in [-0.3, -0.25) is 14.6 Å². The van der Waals surface area contributed by atoms with Gasteiger partial charge in [0.1, 0.15) is 6.04 Å². The van der Waals surface area contributed by atoms with Gasteiger partial charge in [0.05, 0.1) is 17.1 Å². The van der Waals surface area contributed by atoms with Crippen LogP contribution in [-0.4, -0.2) is 61.2 Å². The number of H-pyrrole nitrogens is 1. The Balaban J connectivity index is 1.38. The van der Waals surface area contributed by atoms with Gasteiger partial charge in [0.15, 0.2) is 5.82 Å². The van der Waals surface area contributed by atoms with Gasteiger partial charge in [-0.15, -0.1) is 5.10 Å². The molecule has 6 rings (SSSR count). The molecule has 3 heterocycles. The maximum atomic E-state index is 13.7. The molecule has 3 aromatic carbocycles. The van der Waals surface area contributed by atoms with Crippen LogP contribution in [-0.2, 0) is 5.54 Å². The summed E-state index contributed by atoms with van der Waals surface area (Å²) in [6, 6.07) is 29.3. The lowest BCUT2D eigenvalue weighted by Gasteiger charge is -2.42. The molecule has 0 bridgehead atoms. The quantitative estimate of drug-likeness (QED) is 0.320. The van der Waals surface area contributed by atoms with Gasteiger partial charge < -0.3 is 4.98 Å². The standard InChI is InChI=1S/C33H37N7O/c1-23-12-11-17-26-22-27(32(41)34-28(23)26)30(31-35-36-37-40(31)33(2,3)4)39-20-18-38(19-21-39)29(24-13-7-5-8-14-24)25-15-9-6-10-16-25/h5-17,22,29-30H,18-21H2,1-4H3,(H,34,41). The fourth-order valence-corrected chi connectivity index (χ4v) is 6.08. The molecule has 1 fully saturated rings. The number of pyridine rings is 1. The SMILES string of the molecule is Cc1cccc2cc(C(c3nnnn3C(C)(C)C)N3CCN(C(c4ccccc4)c4ccccc4)CC3)c(=O)[nH]c12. The zero-order valence-electron chi connectivity index (χ0n) is 24.2. The van der Waals surface area contributed by atoms with Crippen LogP contribution in [0.15, 0.2) is 89.7 Å². The van der Waals surface area contributed by atoms with E-state index in [4.69, 9.17) is 0 Å². The topological polar surface area (TPSA) is 82.9 Å². The molecular weight excluding hydrogens is 510 g/mol. The van der Waals surface area contributed by atoms with Gasteiger partial charge in [-0.05, 0) is 66.3 Å². The molecule has 2 aromatic heterocycles. The molecule has 0 saturated carbocycles. The predicted molar refractivity (Wildman–Crippen MR) is 162 cm³/mol. The van der Waals surface area contributed by atoms with Crippen molar-refractivity contribution >= 4 is 10.9 Å². The molecule has 0 radical (unpaired) electrons. The van der Waals surface area contributed by atoms with Crippen LogP contribution in [0.1, 0.15) is 60.9 Å². The minimum absolute atomic E-state index is 0.103. The van der Waals surface area contributed by atoms with E-state index in [-0.39, 0.29) is 23.2 Å². The molecule has 1 atom stereocenters. The molecule has 210 valence electrons. The van der Waals surface area contributed by atoms with Crippen molar-refractivity contribution in [2.75, 3.05) is 26.2 Å². The first kappa shape index (κ1) is 27.1. The van der Waals surface area contributed by atoms with E-state index in [1.165, 1.54) is 11.1 Å². The van der Waals surface area contributed by atoms with Crippen molar-refractivity contribution < 1.29 is 0 Å². The summed E-state index contributed by atoms with van der Waals surface area (Å²) in [6.45, 7) is 11.5. The van der Waals surface area contributed by atoms with Crippen molar-refractivity contribution in [1.29, 1.82) is 0 Å². The molecular formula is C33H37N7O. The molecule has 0 amide bonds. The van der Waals surface area contributed by atoms with Crippen LogP contribution in [0.2, 0.25) is 0 Å². The molecule has 8 nitrogen and oxygen atoms in total. The van der Waals surface area contributed by atoms with E-state index in [1.807, 2.05) is 35.9 Å². The third-order valence-corrected chi connectivity index (χ3v) is 8.09.